The van der Waals surface area contributed by atoms with Crippen LogP contribution in [0.3, 0.4) is 0 Å². The predicted octanol–water partition coefficient (Wildman–Crippen LogP) is 7.78. The number of nitrogens with zero attached hydrogens (tertiary/aromatic N) is 3. The van der Waals surface area contributed by atoms with Crippen molar-refractivity contribution in [3.8, 4) is 22.9 Å². The Morgan fingerprint density at radius 2 is 1.77 bits per heavy atom. The summed E-state index contributed by atoms with van der Waals surface area (Å²) in [4.78, 5) is 68.1. The normalized spacial score (nSPS) is 24.6. The van der Waals surface area contributed by atoms with Gasteiger partial charge in [-0.3, -0.25) is 14.2 Å². The van der Waals surface area contributed by atoms with Gasteiger partial charge in [0.2, 0.25) is 11.8 Å². The van der Waals surface area contributed by atoms with Gasteiger partial charge in [0.25, 0.3) is 0 Å². The minimum atomic E-state index is -3.51. The number of esters is 1. The number of nitrogens with one attached hydrogen (secondary N) is 3. The lowest BCUT2D eigenvalue weighted by atomic mass is 10.0. The molecular weight excluding hydrogens is 876 g/mol. The molecule has 3 fully saturated rings. The molecule has 3 aromatic rings. The molecule has 2 aliphatic carbocycles. The molecule has 1 aromatic carbocycles. The molecule has 0 bridgehead atoms. The van der Waals surface area contributed by atoms with Gasteiger partial charge in [-0.15, -0.1) is 11.3 Å². The minimum absolute atomic E-state index is 0.00611. The highest BCUT2D eigenvalue weighted by Gasteiger charge is 2.62. The van der Waals surface area contributed by atoms with E-state index in [1.165, 1.54) is 16.2 Å². The van der Waals surface area contributed by atoms with E-state index in [0.29, 0.717) is 46.6 Å². The quantitative estimate of drug-likeness (QED) is 0.0713. The van der Waals surface area contributed by atoms with Gasteiger partial charge in [0.05, 0.1) is 44.2 Å². The maximum Gasteiger partial charge on any atom is 0.408 e. The highest BCUT2D eigenvalue weighted by Crippen LogP contribution is 2.49. The lowest BCUT2D eigenvalue weighted by Crippen LogP contribution is -2.56. The van der Waals surface area contributed by atoms with E-state index >= 15 is 0 Å². The monoisotopic (exact) mass is 938 g/mol. The summed E-state index contributed by atoms with van der Waals surface area (Å²) in [6, 6.07) is 5.41. The molecular formula is C46H63N6O11PS. The van der Waals surface area contributed by atoms with Gasteiger partial charge in [-0.25, -0.2) is 19.6 Å². The van der Waals surface area contributed by atoms with E-state index < -0.39 is 55.2 Å². The number of thiazole rings is 1. The Kier molecular flexibility index (Phi) is 16.1. The van der Waals surface area contributed by atoms with Crippen LogP contribution in [0.15, 0.2) is 41.8 Å². The second-order valence-corrected chi connectivity index (χ2v) is 20.4. The molecule has 4 aliphatic rings. The number of anilines is 1. The number of aromatic nitrogens is 2. The first-order chi connectivity index (χ1) is 31.3. The van der Waals surface area contributed by atoms with Crippen molar-refractivity contribution in [2.45, 2.75) is 134 Å². The molecule has 5 atom stereocenters. The highest BCUT2D eigenvalue weighted by molar-refractivity contribution is 7.53. The largest absolute Gasteiger partial charge is 0.497 e. The van der Waals surface area contributed by atoms with Crippen LogP contribution in [-0.4, -0.2) is 114 Å². The molecule has 2 saturated carbocycles. The van der Waals surface area contributed by atoms with Crippen LogP contribution in [0.4, 0.5) is 9.93 Å². The summed E-state index contributed by atoms with van der Waals surface area (Å²) < 4.78 is 47.8. The molecule has 7 rings (SSSR count). The van der Waals surface area contributed by atoms with E-state index in [9.17, 15) is 23.7 Å². The van der Waals surface area contributed by atoms with E-state index in [2.05, 4.69) is 16.0 Å². The smallest absolute Gasteiger partial charge is 0.408 e. The van der Waals surface area contributed by atoms with Gasteiger partial charge in [-0.1, -0.05) is 25.0 Å². The second-order valence-electron chi connectivity index (χ2n) is 17.4. The summed E-state index contributed by atoms with van der Waals surface area (Å²) in [5, 5.41) is 12.6. The Morgan fingerprint density at radius 1 is 1.00 bits per heavy atom. The number of fused-ring (bicyclic) bond motifs is 3. The Morgan fingerprint density at radius 3 is 2.51 bits per heavy atom. The summed E-state index contributed by atoms with van der Waals surface area (Å²) >= 11 is 1.46. The number of alkyl carbamates (subject to hydrolysis) is 1. The SMILES string of the molecule is CCOP(=O)(CCOC(=O)[C@@]12C[C@@H]1/C=C\CCCCC[C@H](NC(=O)OC1CCCC1)C(=O)N1C[C@H](Oc3cc(-c4csc(NC(C)C)n4)nc4cc(OC)ccc34)C[C@H]1C(=O)N2)OCC. The van der Waals surface area contributed by atoms with E-state index in [1.54, 1.807) is 21.0 Å². The summed E-state index contributed by atoms with van der Waals surface area (Å²) in [5.41, 5.74) is 0.385. The number of hydrogen-bond acceptors (Lipinski definition) is 15. The van der Waals surface area contributed by atoms with Crippen molar-refractivity contribution >= 4 is 58.8 Å². The van der Waals surface area contributed by atoms with Crippen molar-refractivity contribution in [2.24, 2.45) is 5.92 Å². The van der Waals surface area contributed by atoms with E-state index in [0.717, 1.165) is 50.1 Å². The lowest BCUT2D eigenvalue weighted by molar-refractivity contribution is -0.150. The van der Waals surface area contributed by atoms with Crippen LogP contribution in [0.2, 0.25) is 0 Å². The van der Waals surface area contributed by atoms with Crippen LogP contribution in [0.1, 0.15) is 98.3 Å². The van der Waals surface area contributed by atoms with Crippen LogP contribution in [0, 0.1) is 5.92 Å². The Hall–Kier alpha value is -4.77. The number of benzene rings is 1. The van der Waals surface area contributed by atoms with Gasteiger partial charge in [-0.2, -0.15) is 0 Å². The van der Waals surface area contributed by atoms with Crippen LogP contribution >= 0.6 is 18.9 Å². The third-order valence-electron chi connectivity index (χ3n) is 12.2. The zero-order chi connectivity index (χ0) is 46.1. The summed E-state index contributed by atoms with van der Waals surface area (Å²) in [7, 11) is -1.93. The van der Waals surface area contributed by atoms with Gasteiger partial charge < -0.3 is 48.8 Å². The summed E-state index contributed by atoms with van der Waals surface area (Å²) in [5.74, 6) is -0.984. The molecule has 0 spiro atoms. The van der Waals surface area contributed by atoms with Crippen molar-refractivity contribution in [3.63, 3.8) is 0 Å². The summed E-state index contributed by atoms with van der Waals surface area (Å²) in [6.45, 7) is 7.56. The number of carbonyl (C=O) groups is 4. The Bertz CT molecular complexity index is 2240. The number of allylic oxidation sites excluding steroid dienone is 1. The van der Waals surface area contributed by atoms with E-state index in [1.807, 2.05) is 55.6 Å². The lowest BCUT2D eigenvalue weighted by Gasteiger charge is -2.30. The number of amides is 3. The number of carbonyl (C=O) groups excluding carboxylic acids is 4. The molecule has 0 unspecified atom stereocenters. The van der Waals surface area contributed by atoms with Crippen molar-refractivity contribution < 1.29 is 51.7 Å². The fraction of sp³-hybridized carbons (Fsp3) is 0.609. The first-order valence-electron chi connectivity index (χ1n) is 23.0. The number of ether oxygens (including phenoxy) is 4. The molecule has 19 heteroatoms. The first-order valence-corrected chi connectivity index (χ1v) is 25.6. The molecule has 1 saturated heterocycles. The maximum atomic E-state index is 14.9. The molecule has 0 radical (unpaired) electrons. The highest BCUT2D eigenvalue weighted by atomic mass is 32.1. The van der Waals surface area contributed by atoms with Crippen molar-refractivity contribution in [1.29, 1.82) is 0 Å². The van der Waals surface area contributed by atoms with Crippen LogP contribution in [0.25, 0.3) is 22.3 Å². The molecule has 3 amide bonds. The van der Waals surface area contributed by atoms with Gasteiger partial charge in [0.15, 0.2) is 5.13 Å². The standard InChI is InChI=1S/C46H63N6O11PS/c1-6-60-64(57,61-7-2)22-21-59-43(55)46-26-30(46)15-11-9-8-10-12-18-35(50-45(56)63-31-16-13-14-17-31)42(54)52-27-33(24-39(52)41(53)51-46)62-40-25-37(38-28-65-44(49-38)47-29(3)4)48-36-23-32(58-5)19-20-34(36)40/h11,15,19-20,23,25,28-31,33,35,39H,6-10,12-14,16-18,21-22,24,26-27H2,1-5H3,(H,47,49)(H,50,56)(H,51,53)/b15-11-/t30-,33+,35-,39-,46+/m0/s1. The van der Waals surface area contributed by atoms with Gasteiger partial charge in [0, 0.05) is 41.3 Å². The number of pyridine rings is 1. The van der Waals surface area contributed by atoms with Crippen LogP contribution in [-0.2, 0) is 37.5 Å². The Balaban J connectivity index is 1.19. The topological polar surface area (TPSA) is 206 Å². The van der Waals surface area contributed by atoms with Gasteiger partial charge in [0.1, 0.15) is 53.6 Å². The second kappa shape index (κ2) is 21.7. The van der Waals surface area contributed by atoms with Gasteiger partial charge in [-0.05, 0) is 91.2 Å². The average molecular weight is 939 g/mol. The number of methoxy groups -OCH3 is 1. The third kappa shape index (κ3) is 12.0. The van der Waals surface area contributed by atoms with Crippen LogP contribution < -0.4 is 25.4 Å². The zero-order valence-electron chi connectivity index (χ0n) is 38.0. The van der Waals surface area contributed by atoms with E-state index in [4.69, 9.17) is 38.0 Å². The number of rotatable bonds is 16. The molecule has 17 nitrogen and oxygen atoms in total. The van der Waals surface area contributed by atoms with Crippen molar-refractivity contribution in [1.82, 2.24) is 25.5 Å². The average Bonchev–Trinajstić information content (AvgIpc) is 3.70. The molecule has 3 N–H and O–H groups in total. The molecule has 2 aliphatic heterocycles. The first kappa shape index (κ1) is 48.2. The van der Waals surface area contributed by atoms with Crippen LogP contribution in [0.5, 0.6) is 11.5 Å². The third-order valence-corrected chi connectivity index (χ3v) is 15.0. The van der Waals surface area contributed by atoms with Gasteiger partial charge >= 0.3 is 19.7 Å². The number of hydrogen-bond donors (Lipinski definition) is 3. The fourth-order valence-corrected chi connectivity index (χ4v) is 11.1. The minimum Gasteiger partial charge on any atom is -0.497 e. The predicted molar refractivity (Wildman–Crippen MR) is 246 cm³/mol. The summed E-state index contributed by atoms with van der Waals surface area (Å²) in [6.07, 6.45) is 9.37. The molecule has 4 heterocycles. The molecule has 354 valence electrons. The van der Waals surface area contributed by atoms with Crippen molar-refractivity contribution in [2.75, 3.05) is 45.0 Å². The maximum absolute atomic E-state index is 14.9. The van der Waals surface area contributed by atoms with E-state index in [-0.39, 0.29) is 63.4 Å². The molecule has 65 heavy (non-hydrogen) atoms. The fourth-order valence-electron chi connectivity index (χ4n) is 8.82. The van der Waals surface area contributed by atoms with Crippen molar-refractivity contribution in [3.05, 3.63) is 41.8 Å². The molecule has 2 aromatic heterocycles. The zero-order valence-corrected chi connectivity index (χ0v) is 39.7. The Labute approximate surface area is 384 Å².